The van der Waals surface area contributed by atoms with Crippen molar-refractivity contribution in [2.24, 2.45) is 11.7 Å². The largest absolute Gasteiger partial charge is 0.356 e. The molecule has 1 unspecified atom stereocenters. The van der Waals surface area contributed by atoms with E-state index in [1.807, 2.05) is 0 Å². The number of hydrogen-bond donors (Lipinski definition) is 2. The molecule has 1 heterocycles. The summed E-state index contributed by atoms with van der Waals surface area (Å²) < 4.78 is 0. The molecular formula is C13H27N3O. The molecule has 1 saturated heterocycles. The Labute approximate surface area is 105 Å². The minimum absolute atomic E-state index is 0.0825. The summed E-state index contributed by atoms with van der Waals surface area (Å²) in [6, 6.07) is 0. The summed E-state index contributed by atoms with van der Waals surface area (Å²) in [4.78, 5) is 13.7. The number of carbonyl (C=O) groups excluding carboxylic acids is 1. The summed E-state index contributed by atoms with van der Waals surface area (Å²) in [5.74, 6) is 0.937. The summed E-state index contributed by atoms with van der Waals surface area (Å²) >= 11 is 0. The molecule has 1 fully saturated rings. The van der Waals surface area contributed by atoms with Gasteiger partial charge in [-0.2, -0.15) is 0 Å². The summed E-state index contributed by atoms with van der Waals surface area (Å²) in [5, 5.41) is 2.89. The Hall–Kier alpha value is -0.610. The molecule has 4 nitrogen and oxygen atoms in total. The maximum absolute atomic E-state index is 11.1. The Bertz CT molecular complexity index is 221. The van der Waals surface area contributed by atoms with Crippen molar-refractivity contribution in [1.29, 1.82) is 0 Å². The standard InChI is InChI=1S/C13H27N3O/c1-12-5-4-10-16(11-12)9-3-2-8-15-13(17)6-7-14/h12H,2-11,14H2,1H3,(H,15,17). The average molecular weight is 241 g/mol. The smallest absolute Gasteiger partial charge is 0.221 e. The number of hydrogen-bond acceptors (Lipinski definition) is 3. The average Bonchev–Trinajstić information content (AvgIpc) is 2.29. The third-order valence-electron chi connectivity index (χ3n) is 3.34. The monoisotopic (exact) mass is 241 g/mol. The van der Waals surface area contributed by atoms with Crippen LogP contribution in [0, 0.1) is 5.92 Å². The third-order valence-corrected chi connectivity index (χ3v) is 3.34. The molecule has 0 aromatic heterocycles. The SMILES string of the molecule is CC1CCCN(CCCCNC(=O)CCN)C1. The zero-order valence-electron chi connectivity index (χ0n) is 11.1. The van der Waals surface area contributed by atoms with Gasteiger partial charge in [0, 0.05) is 26.1 Å². The van der Waals surface area contributed by atoms with Gasteiger partial charge in [0.05, 0.1) is 0 Å². The molecule has 1 amide bonds. The first-order chi connectivity index (χ1) is 8.22. The number of nitrogens with zero attached hydrogens (tertiary/aromatic N) is 1. The second kappa shape index (κ2) is 8.48. The molecule has 0 saturated carbocycles. The highest BCUT2D eigenvalue weighted by Gasteiger charge is 2.15. The highest BCUT2D eigenvalue weighted by Crippen LogP contribution is 2.15. The number of amides is 1. The van der Waals surface area contributed by atoms with E-state index in [1.165, 1.54) is 38.9 Å². The Morgan fingerprint density at radius 2 is 2.29 bits per heavy atom. The van der Waals surface area contributed by atoms with E-state index in [9.17, 15) is 4.79 Å². The molecule has 0 bridgehead atoms. The van der Waals surface area contributed by atoms with Gasteiger partial charge in [0.25, 0.3) is 0 Å². The second-order valence-corrected chi connectivity index (χ2v) is 5.14. The first-order valence-corrected chi connectivity index (χ1v) is 6.91. The van der Waals surface area contributed by atoms with E-state index in [2.05, 4.69) is 17.1 Å². The summed E-state index contributed by atoms with van der Waals surface area (Å²) in [6.45, 7) is 7.25. The van der Waals surface area contributed by atoms with Gasteiger partial charge >= 0.3 is 0 Å². The van der Waals surface area contributed by atoms with Crippen molar-refractivity contribution in [3.05, 3.63) is 0 Å². The van der Waals surface area contributed by atoms with Crippen LogP contribution in [-0.4, -0.2) is 43.5 Å². The third kappa shape index (κ3) is 6.64. The second-order valence-electron chi connectivity index (χ2n) is 5.14. The summed E-state index contributed by atoms with van der Waals surface area (Å²) in [7, 11) is 0. The molecule has 3 N–H and O–H groups in total. The minimum Gasteiger partial charge on any atom is -0.356 e. The Balaban J connectivity index is 1.95. The zero-order chi connectivity index (χ0) is 12.5. The van der Waals surface area contributed by atoms with Crippen molar-refractivity contribution < 1.29 is 4.79 Å². The topological polar surface area (TPSA) is 58.4 Å². The van der Waals surface area contributed by atoms with Gasteiger partial charge in [-0.05, 0) is 44.7 Å². The Morgan fingerprint density at radius 1 is 1.47 bits per heavy atom. The number of nitrogens with one attached hydrogen (secondary N) is 1. The van der Waals surface area contributed by atoms with Crippen LogP contribution >= 0.6 is 0 Å². The fraction of sp³-hybridized carbons (Fsp3) is 0.923. The lowest BCUT2D eigenvalue weighted by Gasteiger charge is -2.30. The van der Waals surface area contributed by atoms with Crippen molar-refractivity contribution in [3.63, 3.8) is 0 Å². The van der Waals surface area contributed by atoms with Gasteiger partial charge in [0.15, 0.2) is 0 Å². The van der Waals surface area contributed by atoms with Gasteiger partial charge in [-0.25, -0.2) is 0 Å². The van der Waals surface area contributed by atoms with Crippen LogP contribution in [-0.2, 0) is 4.79 Å². The molecule has 1 rings (SSSR count). The number of piperidine rings is 1. The minimum atomic E-state index is 0.0825. The fourth-order valence-corrected chi connectivity index (χ4v) is 2.40. The van der Waals surface area contributed by atoms with Crippen molar-refractivity contribution in [3.8, 4) is 0 Å². The van der Waals surface area contributed by atoms with Crippen LogP contribution < -0.4 is 11.1 Å². The molecular weight excluding hydrogens is 214 g/mol. The molecule has 4 heteroatoms. The number of carbonyl (C=O) groups is 1. The van der Waals surface area contributed by atoms with Crippen molar-refractivity contribution in [1.82, 2.24) is 10.2 Å². The number of unbranched alkanes of at least 4 members (excludes halogenated alkanes) is 1. The molecule has 17 heavy (non-hydrogen) atoms. The van der Waals surface area contributed by atoms with Crippen LogP contribution in [0.2, 0.25) is 0 Å². The predicted molar refractivity (Wildman–Crippen MR) is 70.8 cm³/mol. The quantitative estimate of drug-likeness (QED) is 0.653. The summed E-state index contributed by atoms with van der Waals surface area (Å²) in [6.07, 6.45) is 5.42. The molecule has 0 aromatic rings. The van der Waals surface area contributed by atoms with E-state index in [1.54, 1.807) is 0 Å². The zero-order valence-corrected chi connectivity index (χ0v) is 11.1. The molecule has 0 spiro atoms. The van der Waals surface area contributed by atoms with E-state index >= 15 is 0 Å². The first-order valence-electron chi connectivity index (χ1n) is 6.91. The van der Waals surface area contributed by atoms with E-state index in [-0.39, 0.29) is 5.91 Å². The highest BCUT2D eigenvalue weighted by atomic mass is 16.1. The van der Waals surface area contributed by atoms with Crippen LogP contribution in [0.15, 0.2) is 0 Å². The molecule has 0 aliphatic carbocycles. The van der Waals surface area contributed by atoms with E-state index in [0.29, 0.717) is 13.0 Å². The summed E-state index contributed by atoms with van der Waals surface area (Å²) in [5.41, 5.74) is 5.30. The first kappa shape index (κ1) is 14.5. The van der Waals surface area contributed by atoms with E-state index in [0.717, 1.165) is 18.9 Å². The van der Waals surface area contributed by atoms with Crippen LogP contribution in [0.25, 0.3) is 0 Å². The molecule has 100 valence electrons. The van der Waals surface area contributed by atoms with Crippen molar-refractivity contribution in [2.75, 3.05) is 32.7 Å². The number of likely N-dealkylation sites (tertiary alicyclic amines) is 1. The maximum atomic E-state index is 11.1. The van der Waals surface area contributed by atoms with Crippen LogP contribution in [0.5, 0.6) is 0 Å². The molecule has 0 aromatic carbocycles. The van der Waals surface area contributed by atoms with Gasteiger partial charge in [-0.15, -0.1) is 0 Å². The van der Waals surface area contributed by atoms with Gasteiger partial charge in [-0.3, -0.25) is 4.79 Å². The Kier molecular flexibility index (Phi) is 7.21. The lowest BCUT2D eigenvalue weighted by atomic mass is 10.0. The molecule has 1 atom stereocenters. The molecule has 1 aliphatic rings. The normalized spacial score (nSPS) is 21.4. The van der Waals surface area contributed by atoms with Crippen LogP contribution in [0.1, 0.15) is 39.0 Å². The van der Waals surface area contributed by atoms with E-state index < -0.39 is 0 Å². The van der Waals surface area contributed by atoms with Gasteiger partial charge in [0.1, 0.15) is 0 Å². The Morgan fingerprint density at radius 3 is 3.00 bits per heavy atom. The van der Waals surface area contributed by atoms with Gasteiger partial charge < -0.3 is 16.0 Å². The number of rotatable bonds is 7. The highest BCUT2D eigenvalue weighted by molar-refractivity contribution is 5.75. The molecule has 0 radical (unpaired) electrons. The van der Waals surface area contributed by atoms with Gasteiger partial charge in [-0.1, -0.05) is 6.92 Å². The number of nitrogens with two attached hydrogens (primary N) is 1. The fourth-order valence-electron chi connectivity index (χ4n) is 2.40. The lowest BCUT2D eigenvalue weighted by molar-refractivity contribution is -0.120. The van der Waals surface area contributed by atoms with Crippen LogP contribution in [0.4, 0.5) is 0 Å². The van der Waals surface area contributed by atoms with Crippen LogP contribution in [0.3, 0.4) is 0 Å². The van der Waals surface area contributed by atoms with E-state index in [4.69, 9.17) is 5.73 Å². The van der Waals surface area contributed by atoms with Gasteiger partial charge in [0.2, 0.25) is 5.91 Å². The van der Waals surface area contributed by atoms with Crippen molar-refractivity contribution >= 4 is 5.91 Å². The predicted octanol–water partition coefficient (Wildman–Crippen LogP) is 0.964. The maximum Gasteiger partial charge on any atom is 0.221 e. The molecule has 1 aliphatic heterocycles. The van der Waals surface area contributed by atoms with Crippen molar-refractivity contribution in [2.45, 2.75) is 39.0 Å². The lowest BCUT2D eigenvalue weighted by Crippen LogP contribution is -2.35.